The normalized spacial score (nSPS) is 13.2. The molecule has 10 rings (SSSR count). The molecular weight excluding hydrogens is 821 g/mol. The zero-order chi connectivity index (χ0) is 48.5. The van der Waals surface area contributed by atoms with Gasteiger partial charge in [-0.15, -0.1) is 0 Å². The Bertz CT molecular complexity index is 3460. The first-order valence-corrected chi connectivity index (χ1v) is 24.8. The number of aromatic nitrogens is 1. The van der Waals surface area contributed by atoms with E-state index in [4.69, 9.17) is 0 Å². The summed E-state index contributed by atoms with van der Waals surface area (Å²) in [5, 5.41) is 10.2. The molecule has 2 nitrogen and oxygen atoms in total. The number of benzene rings is 9. The average molecular weight is 891 g/mol. The second-order valence-electron chi connectivity index (χ2n) is 24.9. The standard InChI is InChI=1S/C66H70N2/c1-62(2,3)45-25-31-58-54(39-45)55-40-46(63(4,5)6)26-32-59(55)68(58)57-30-24-43-21-27-52-56(29-23-42-22-28-53(57)61(43)60(42)52)67(51-37-48(65(10,11)12)35-49(38-51)66(13,14)15)50-34-44(41-19-17-16-18-20-41)33-47(36-50)64(7,8)9/h16-40H,1-15H3. The molecule has 0 fully saturated rings. The van der Waals surface area contributed by atoms with Crippen molar-refractivity contribution in [1.29, 1.82) is 0 Å². The first kappa shape index (κ1) is 45.4. The van der Waals surface area contributed by atoms with Crippen molar-refractivity contribution < 1.29 is 0 Å². The van der Waals surface area contributed by atoms with Crippen LogP contribution in [0.2, 0.25) is 0 Å². The zero-order valence-corrected chi connectivity index (χ0v) is 43.3. The van der Waals surface area contributed by atoms with Crippen molar-refractivity contribution in [2.75, 3.05) is 4.90 Å². The first-order valence-electron chi connectivity index (χ1n) is 24.8. The molecule has 0 aliphatic rings. The molecule has 0 amide bonds. The van der Waals surface area contributed by atoms with Crippen molar-refractivity contribution in [2.45, 2.75) is 131 Å². The van der Waals surface area contributed by atoms with E-state index in [0.29, 0.717) is 0 Å². The molecule has 0 aliphatic carbocycles. The van der Waals surface area contributed by atoms with Crippen molar-refractivity contribution in [2.24, 2.45) is 0 Å². The van der Waals surface area contributed by atoms with Crippen LogP contribution in [0.1, 0.15) is 132 Å². The minimum absolute atomic E-state index is 0.0301. The Labute approximate surface area is 406 Å². The second-order valence-corrected chi connectivity index (χ2v) is 24.9. The quantitative estimate of drug-likeness (QED) is 0.156. The third-order valence-electron chi connectivity index (χ3n) is 14.7. The molecule has 10 aromatic rings. The number of anilines is 3. The summed E-state index contributed by atoms with van der Waals surface area (Å²) in [6.07, 6.45) is 0. The summed E-state index contributed by atoms with van der Waals surface area (Å²) in [5.41, 5.74) is 16.2. The molecule has 0 radical (unpaired) electrons. The van der Waals surface area contributed by atoms with E-state index in [1.165, 1.54) is 110 Å². The Morgan fingerprint density at radius 1 is 0.324 bits per heavy atom. The van der Waals surface area contributed by atoms with E-state index in [1.54, 1.807) is 0 Å². The lowest BCUT2D eigenvalue weighted by molar-refractivity contribution is 0.569. The van der Waals surface area contributed by atoms with Gasteiger partial charge in [0.25, 0.3) is 0 Å². The van der Waals surface area contributed by atoms with Gasteiger partial charge in [0.15, 0.2) is 0 Å². The van der Waals surface area contributed by atoms with E-state index >= 15 is 0 Å². The summed E-state index contributed by atoms with van der Waals surface area (Å²) >= 11 is 0. The van der Waals surface area contributed by atoms with E-state index in [0.717, 1.165) is 5.69 Å². The molecule has 2 heteroatoms. The third-order valence-corrected chi connectivity index (χ3v) is 14.7. The van der Waals surface area contributed by atoms with Gasteiger partial charge < -0.3 is 9.47 Å². The molecule has 9 aromatic carbocycles. The Hall–Kier alpha value is -6.38. The fraction of sp³-hybridized carbons (Fsp3) is 0.303. The molecule has 0 atom stereocenters. The fourth-order valence-electron chi connectivity index (χ4n) is 10.4. The van der Waals surface area contributed by atoms with Crippen LogP contribution in [0.4, 0.5) is 17.1 Å². The fourth-order valence-corrected chi connectivity index (χ4v) is 10.4. The van der Waals surface area contributed by atoms with Gasteiger partial charge in [0.2, 0.25) is 0 Å². The van der Waals surface area contributed by atoms with Crippen LogP contribution in [-0.2, 0) is 27.1 Å². The van der Waals surface area contributed by atoms with Crippen LogP contribution in [0.3, 0.4) is 0 Å². The van der Waals surface area contributed by atoms with Crippen LogP contribution in [0, 0.1) is 0 Å². The SMILES string of the molecule is CC(C)(C)c1cc(-c2ccccc2)cc(N(c2cc(C(C)(C)C)cc(C(C)(C)C)c2)c2ccc3ccc4c(-n5c6ccc(C(C)(C)C)cc6c6cc(C(C)(C)C)ccc65)ccc5ccc2c3c54)c1. The highest BCUT2D eigenvalue weighted by Crippen LogP contribution is 2.49. The molecular formula is C66H70N2. The van der Waals surface area contributed by atoms with Crippen LogP contribution in [0.25, 0.3) is 70.9 Å². The van der Waals surface area contributed by atoms with Crippen LogP contribution in [0.5, 0.6) is 0 Å². The predicted octanol–water partition coefficient (Wildman–Crippen LogP) is 19.3. The maximum absolute atomic E-state index is 2.57. The molecule has 0 unspecified atom stereocenters. The Balaban J connectivity index is 1.29. The molecule has 1 heterocycles. The molecule has 0 bridgehead atoms. The van der Waals surface area contributed by atoms with Gasteiger partial charge in [0, 0.05) is 32.9 Å². The van der Waals surface area contributed by atoms with Crippen molar-refractivity contribution in [3.05, 3.63) is 179 Å². The van der Waals surface area contributed by atoms with E-state index in [9.17, 15) is 0 Å². The van der Waals surface area contributed by atoms with E-state index in [1.807, 2.05) is 0 Å². The average Bonchev–Trinajstić information content (AvgIpc) is 3.60. The minimum Gasteiger partial charge on any atom is -0.310 e. The van der Waals surface area contributed by atoms with Crippen molar-refractivity contribution in [3.8, 4) is 16.8 Å². The van der Waals surface area contributed by atoms with Gasteiger partial charge in [-0.25, -0.2) is 0 Å². The van der Waals surface area contributed by atoms with Crippen LogP contribution in [0.15, 0.2) is 152 Å². The van der Waals surface area contributed by atoms with Gasteiger partial charge in [0.1, 0.15) is 0 Å². The number of nitrogens with zero attached hydrogens (tertiary/aromatic N) is 2. The highest BCUT2D eigenvalue weighted by atomic mass is 15.1. The number of rotatable bonds is 5. The van der Waals surface area contributed by atoms with Gasteiger partial charge in [-0.05, 0) is 148 Å². The first-order chi connectivity index (χ1) is 31.9. The van der Waals surface area contributed by atoms with Crippen LogP contribution >= 0.6 is 0 Å². The summed E-state index contributed by atoms with van der Waals surface area (Å²) < 4.78 is 2.54. The van der Waals surface area contributed by atoms with Gasteiger partial charge in [-0.1, -0.05) is 195 Å². The third kappa shape index (κ3) is 7.84. The Kier molecular flexibility index (Phi) is 10.4. The summed E-state index contributed by atoms with van der Waals surface area (Å²) in [7, 11) is 0. The molecule has 344 valence electrons. The molecule has 0 aliphatic heterocycles. The predicted molar refractivity (Wildman–Crippen MR) is 298 cm³/mol. The lowest BCUT2D eigenvalue weighted by Crippen LogP contribution is -2.20. The maximum Gasteiger partial charge on any atom is 0.0541 e. The molecule has 0 N–H and O–H groups in total. The largest absolute Gasteiger partial charge is 0.310 e. The molecule has 0 saturated heterocycles. The van der Waals surface area contributed by atoms with Crippen molar-refractivity contribution in [1.82, 2.24) is 4.57 Å². The van der Waals surface area contributed by atoms with E-state index < -0.39 is 0 Å². The molecule has 0 spiro atoms. The molecule has 1 aromatic heterocycles. The number of fused-ring (bicyclic) bond motifs is 3. The van der Waals surface area contributed by atoms with Crippen molar-refractivity contribution >= 4 is 71.2 Å². The highest BCUT2D eigenvalue weighted by molar-refractivity contribution is 6.27. The lowest BCUT2D eigenvalue weighted by atomic mass is 9.80. The number of hydrogen-bond donors (Lipinski definition) is 0. The van der Waals surface area contributed by atoms with E-state index in [2.05, 4.69) is 265 Å². The topological polar surface area (TPSA) is 8.17 Å². The summed E-state index contributed by atoms with van der Waals surface area (Å²) in [5.74, 6) is 0. The van der Waals surface area contributed by atoms with Gasteiger partial charge in [-0.2, -0.15) is 0 Å². The van der Waals surface area contributed by atoms with Crippen molar-refractivity contribution in [3.63, 3.8) is 0 Å². The molecule has 68 heavy (non-hydrogen) atoms. The Morgan fingerprint density at radius 2 is 0.765 bits per heavy atom. The highest BCUT2D eigenvalue weighted by Gasteiger charge is 2.28. The second kappa shape index (κ2) is 15.6. The summed E-state index contributed by atoms with van der Waals surface area (Å²) in [6, 6.07) is 58.8. The van der Waals surface area contributed by atoms with Crippen LogP contribution < -0.4 is 4.90 Å². The molecule has 0 saturated carbocycles. The monoisotopic (exact) mass is 891 g/mol. The summed E-state index contributed by atoms with van der Waals surface area (Å²) in [4.78, 5) is 2.57. The Morgan fingerprint density at radius 3 is 1.28 bits per heavy atom. The van der Waals surface area contributed by atoms with Crippen LogP contribution in [-0.4, -0.2) is 4.57 Å². The van der Waals surface area contributed by atoms with Gasteiger partial charge in [0.05, 0.1) is 22.4 Å². The smallest absolute Gasteiger partial charge is 0.0541 e. The van der Waals surface area contributed by atoms with E-state index in [-0.39, 0.29) is 27.1 Å². The zero-order valence-electron chi connectivity index (χ0n) is 43.3. The minimum atomic E-state index is -0.0798. The maximum atomic E-state index is 2.57. The van der Waals surface area contributed by atoms with Gasteiger partial charge in [-0.3, -0.25) is 0 Å². The number of hydrogen-bond acceptors (Lipinski definition) is 1. The summed E-state index contributed by atoms with van der Waals surface area (Å²) in [6.45, 7) is 35.0. The van der Waals surface area contributed by atoms with Gasteiger partial charge >= 0.3 is 0 Å². The lowest BCUT2D eigenvalue weighted by Gasteiger charge is -2.33.